The van der Waals surface area contributed by atoms with Crippen LogP contribution < -0.4 is 16.0 Å². The summed E-state index contributed by atoms with van der Waals surface area (Å²) < 4.78 is 0. The van der Waals surface area contributed by atoms with Crippen molar-refractivity contribution < 1.29 is 14.4 Å². The molecule has 20 heavy (non-hydrogen) atoms. The van der Waals surface area contributed by atoms with Crippen molar-refractivity contribution in [3.63, 3.8) is 0 Å². The van der Waals surface area contributed by atoms with Gasteiger partial charge in [0.25, 0.3) is 11.8 Å². The van der Waals surface area contributed by atoms with Gasteiger partial charge in [-0.15, -0.1) is 0 Å². The Morgan fingerprint density at radius 2 is 2.00 bits per heavy atom. The second kappa shape index (κ2) is 5.05. The van der Waals surface area contributed by atoms with E-state index in [1.165, 1.54) is 0 Å². The molecule has 1 saturated heterocycles. The summed E-state index contributed by atoms with van der Waals surface area (Å²) in [5.41, 5.74) is 1.21. The minimum Gasteiger partial charge on any atom is -0.326 e. The summed E-state index contributed by atoms with van der Waals surface area (Å²) in [6.45, 7) is 1.63. The van der Waals surface area contributed by atoms with Gasteiger partial charge in [-0.05, 0) is 37.6 Å². The largest absolute Gasteiger partial charge is 0.326 e. The number of piperidine rings is 1. The highest BCUT2D eigenvalue weighted by Crippen LogP contribution is 2.21. The van der Waals surface area contributed by atoms with Crippen molar-refractivity contribution in [2.45, 2.75) is 12.8 Å². The van der Waals surface area contributed by atoms with Gasteiger partial charge in [0.1, 0.15) is 0 Å². The number of benzene rings is 1. The molecule has 3 amide bonds. The maximum absolute atomic E-state index is 12.1. The minimum atomic E-state index is -0.416. The Morgan fingerprint density at radius 3 is 2.75 bits per heavy atom. The van der Waals surface area contributed by atoms with Gasteiger partial charge in [-0.3, -0.25) is 19.7 Å². The van der Waals surface area contributed by atoms with Crippen molar-refractivity contribution in [3.05, 3.63) is 29.3 Å². The first-order valence-corrected chi connectivity index (χ1v) is 6.66. The number of carbonyl (C=O) groups excluding carboxylic acids is 3. The van der Waals surface area contributed by atoms with Crippen LogP contribution >= 0.6 is 0 Å². The highest BCUT2D eigenvalue weighted by Gasteiger charge is 2.27. The number of nitrogens with one attached hydrogen (secondary N) is 3. The summed E-state index contributed by atoms with van der Waals surface area (Å²) in [6, 6.07) is 4.75. The maximum Gasteiger partial charge on any atom is 0.259 e. The number of fused-ring (bicyclic) bond motifs is 1. The highest BCUT2D eigenvalue weighted by atomic mass is 16.2. The molecule has 104 valence electrons. The molecule has 2 aliphatic rings. The zero-order valence-electron chi connectivity index (χ0n) is 10.9. The monoisotopic (exact) mass is 273 g/mol. The van der Waals surface area contributed by atoms with Gasteiger partial charge in [0.05, 0.1) is 17.0 Å². The zero-order chi connectivity index (χ0) is 14.1. The topological polar surface area (TPSA) is 87.3 Å². The Bertz CT molecular complexity index is 591. The van der Waals surface area contributed by atoms with Crippen LogP contribution in [0.25, 0.3) is 0 Å². The molecular formula is C14H15N3O3. The lowest BCUT2D eigenvalue weighted by molar-refractivity contribution is -0.120. The van der Waals surface area contributed by atoms with Crippen molar-refractivity contribution >= 4 is 23.4 Å². The first-order valence-electron chi connectivity index (χ1n) is 6.66. The van der Waals surface area contributed by atoms with Gasteiger partial charge in [0, 0.05) is 12.2 Å². The van der Waals surface area contributed by atoms with E-state index in [1.54, 1.807) is 18.2 Å². The molecule has 0 spiro atoms. The van der Waals surface area contributed by atoms with Crippen LogP contribution in [0.1, 0.15) is 33.6 Å². The van der Waals surface area contributed by atoms with Crippen molar-refractivity contribution in [1.29, 1.82) is 0 Å². The van der Waals surface area contributed by atoms with E-state index in [2.05, 4.69) is 16.0 Å². The number of carbonyl (C=O) groups is 3. The molecule has 6 heteroatoms. The van der Waals surface area contributed by atoms with E-state index >= 15 is 0 Å². The molecule has 6 nitrogen and oxygen atoms in total. The molecule has 3 N–H and O–H groups in total. The molecule has 1 atom stereocenters. The van der Waals surface area contributed by atoms with Gasteiger partial charge in [-0.1, -0.05) is 0 Å². The summed E-state index contributed by atoms with van der Waals surface area (Å²) in [7, 11) is 0. The van der Waals surface area contributed by atoms with Crippen molar-refractivity contribution in [1.82, 2.24) is 10.6 Å². The fraction of sp³-hybridized carbons (Fsp3) is 0.357. The van der Waals surface area contributed by atoms with Crippen LogP contribution in [0.15, 0.2) is 18.2 Å². The van der Waals surface area contributed by atoms with Crippen LogP contribution in [0.4, 0.5) is 5.69 Å². The Hall–Kier alpha value is -2.21. The molecule has 0 bridgehead atoms. The molecule has 0 saturated carbocycles. The molecule has 1 aromatic carbocycles. The molecule has 3 rings (SSSR count). The van der Waals surface area contributed by atoms with Crippen LogP contribution in [0, 0.1) is 5.92 Å². The van der Waals surface area contributed by atoms with Crippen LogP contribution in [0.2, 0.25) is 0 Å². The van der Waals surface area contributed by atoms with Crippen molar-refractivity contribution in [3.8, 4) is 0 Å². The van der Waals surface area contributed by atoms with Gasteiger partial charge in [0.2, 0.25) is 5.91 Å². The van der Waals surface area contributed by atoms with E-state index < -0.39 is 5.91 Å². The molecule has 0 unspecified atom stereocenters. The summed E-state index contributed by atoms with van der Waals surface area (Å²) >= 11 is 0. The lowest BCUT2D eigenvalue weighted by Crippen LogP contribution is -2.37. The summed E-state index contributed by atoms with van der Waals surface area (Å²) in [5.74, 6) is -0.908. The van der Waals surface area contributed by atoms with E-state index in [1.807, 2.05) is 0 Å². The Balaban J connectivity index is 1.75. The fourth-order valence-electron chi connectivity index (χ4n) is 2.57. The van der Waals surface area contributed by atoms with E-state index in [-0.39, 0.29) is 17.7 Å². The van der Waals surface area contributed by atoms with Crippen LogP contribution in [0.3, 0.4) is 0 Å². The smallest absolute Gasteiger partial charge is 0.259 e. The van der Waals surface area contributed by atoms with Crippen molar-refractivity contribution in [2.75, 3.05) is 18.4 Å². The number of rotatable bonds is 2. The molecule has 0 aromatic heterocycles. The second-order valence-electron chi connectivity index (χ2n) is 5.08. The average Bonchev–Trinajstić information content (AvgIpc) is 2.75. The van der Waals surface area contributed by atoms with Crippen LogP contribution in [-0.2, 0) is 4.79 Å². The minimum absolute atomic E-state index is 0.0486. The number of hydrogen-bond donors (Lipinski definition) is 3. The summed E-state index contributed by atoms with van der Waals surface area (Å²) in [6.07, 6.45) is 1.85. The molecule has 0 aliphatic carbocycles. The summed E-state index contributed by atoms with van der Waals surface area (Å²) in [4.78, 5) is 35.1. The summed E-state index contributed by atoms with van der Waals surface area (Å²) in [5, 5.41) is 8.22. The first kappa shape index (κ1) is 12.8. The van der Waals surface area contributed by atoms with Gasteiger partial charge < -0.3 is 10.6 Å². The third-order valence-electron chi connectivity index (χ3n) is 3.67. The van der Waals surface area contributed by atoms with Crippen molar-refractivity contribution in [2.24, 2.45) is 5.92 Å². The van der Waals surface area contributed by atoms with Gasteiger partial charge in [0.15, 0.2) is 0 Å². The van der Waals surface area contributed by atoms with Crippen LogP contribution in [-0.4, -0.2) is 30.8 Å². The van der Waals surface area contributed by atoms with Crippen LogP contribution in [0.5, 0.6) is 0 Å². The predicted molar refractivity (Wildman–Crippen MR) is 72.5 cm³/mol. The second-order valence-corrected chi connectivity index (χ2v) is 5.08. The molecule has 2 aliphatic heterocycles. The quantitative estimate of drug-likeness (QED) is 0.685. The fourth-order valence-corrected chi connectivity index (χ4v) is 2.57. The van der Waals surface area contributed by atoms with E-state index in [0.717, 1.165) is 19.4 Å². The van der Waals surface area contributed by atoms with E-state index in [9.17, 15) is 14.4 Å². The van der Waals surface area contributed by atoms with E-state index in [0.29, 0.717) is 23.4 Å². The number of imide groups is 1. The zero-order valence-corrected chi connectivity index (χ0v) is 10.9. The molecule has 0 radical (unpaired) electrons. The van der Waals surface area contributed by atoms with Gasteiger partial charge in [-0.2, -0.15) is 0 Å². The number of anilines is 1. The maximum atomic E-state index is 12.1. The molecule has 1 fully saturated rings. The Morgan fingerprint density at radius 1 is 1.20 bits per heavy atom. The average molecular weight is 273 g/mol. The molecule has 1 aromatic rings. The molecular weight excluding hydrogens is 258 g/mol. The lowest BCUT2D eigenvalue weighted by atomic mass is 9.98. The third-order valence-corrected chi connectivity index (χ3v) is 3.67. The first-order chi connectivity index (χ1) is 9.65. The standard InChI is InChI=1S/C14H15N3O3/c18-12(8-2-1-5-15-7-8)16-9-3-4-10-11(6-9)14(20)17-13(10)19/h3-4,6,8,15H,1-2,5,7H2,(H,16,18)(H,17,19,20)/t8-/m1/s1. The Labute approximate surface area is 115 Å². The normalized spacial score (nSPS) is 21.3. The SMILES string of the molecule is O=C1NC(=O)c2cc(NC(=O)[C@@H]3CCCNC3)ccc21. The Kier molecular flexibility index (Phi) is 3.23. The van der Waals surface area contributed by atoms with Gasteiger partial charge >= 0.3 is 0 Å². The molecule has 2 heterocycles. The van der Waals surface area contributed by atoms with E-state index in [4.69, 9.17) is 0 Å². The lowest BCUT2D eigenvalue weighted by Gasteiger charge is -2.21. The third kappa shape index (κ3) is 2.30. The van der Waals surface area contributed by atoms with Gasteiger partial charge in [-0.25, -0.2) is 0 Å². The predicted octanol–water partition coefficient (Wildman–Crippen LogP) is 0.508. The number of amides is 3. The number of hydrogen-bond acceptors (Lipinski definition) is 4. The highest BCUT2D eigenvalue weighted by molar-refractivity contribution is 6.22.